The number of benzene rings is 2. The van der Waals surface area contributed by atoms with E-state index >= 15 is 0 Å². The number of phenols is 1. The van der Waals surface area contributed by atoms with E-state index in [9.17, 15) is 15.0 Å². The van der Waals surface area contributed by atoms with Gasteiger partial charge >= 0.3 is 5.97 Å². The molecule has 2 aromatic carbocycles. The van der Waals surface area contributed by atoms with Crippen LogP contribution < -0.4 is 0 Å². The highest BCUT2D eigenvalue weighted by atomic mass is 16.4. The highest BCUT2D eigenvalue weighted by molar-refractivity contribution is 5.94. The van der Waals surface area contributed by atoms with E-state index in [2.05, 4.69) is 20.8 Å². The number of rotatable bonds is 4. The maximum Gasteiger partial charge on any atom is 0.339 e. The average molecular weight is 284 g/mol. The summed E-state index contributed by atoms with van der Waals surface area (Å²) in [5, 5.41) is 19.6. The number of carboxylic acids is 1. The van der Waals surface area contributed by atoms with Crippen molar-refractivity contribution in [1.82, 2.24) is 0 Å². The molecule has 21 heavy (non-hydrogen) atoms. The minimum Gasteiger partial charge on any atom is -0.506 e. The van der Waals surface area contributed by atoms with Gasteiger partial charge in [0.05, 0.1) is 0 Å². The van der Waals surface area contributed by atoms with Gasteiger partial charge in [-0.1, -0.05) is 51.1 Å². The lowest BCUT2D eigenvalue weighted by Crippen LogP contribution is -2.16. The van der Waals surface area contributed by atoms with Crippen LogP contribution in [0.15, 0.2) is 42.5 Å². The van der Waals surface area contributed by atoms with Gasteiger partial charge < -0.3 is 10.2 Å². The maximum absolute atomic E-state index is 11.4. The molecule has 0 atom stereocenters. The number of carbonyl (C=O) groups is 1. The Hall–Kier alpha value is -2.29. The second-order valence-corrected chi connectivity index (χ2v) is 5.83. The Morgan fingerprint density at radius 3 is 2.29 bits per heavy atom. The van der Waals surface area contributed by atoms with Crippen molar-refractivity contribution < 1.29 is 15.0 Å². The third kappa shape index (κ3) is 2.92. The Bertz CT molecular complexity index is 658. The quantitative estimate of drug-likeness (QED) is 0.872. The van der Waals surface area contributed by atoms with Crippen LogP contribution in [0.1, 0.15) is 43.1 Å². The van der Waals surface area contributed by atoms with Crippen molar-refractivity contribution >= 4 is 5.97 Å². The molecule has 0 amide bonds. The lowest BCUT2D eigenvalue weighted by molar-refractivity contribution is 0.0693. The first-order chi connectivity index (χ1) is 9.86. The number of hydrogen-bond acceptors (Lipinski definition) is 2. The number of hydrogen-bond donors (Lipinski definition) is 2. The van der Waals surface area contributed by atoms with Crippen molar-refractivity contribution in [3.05, 3.63) is 53.6 Å². The molecule has 2 rings (SSSR count). The highest BCUT2D eigenvalue weighted by Gasteiger charge is 2.24. The van der Waals surface area contributed by atoms with Gasteiger partial charge in [0, 0.05) is 5.56 Å². The van der Waals surface area contributed by atoms with E-state index < -0.39 is 5.97 Å². The van der Waals surface area contributed by atoms with Crippen LogP contribution in [0.5, 0.6) is 5.75 Å². The summed E-state index contributed by atoms with van der Waals surface area (Å²) < 4.78 is 0. The van der Waals surface area contributed by atoms with Crippen molar-refractivity contribution in [3.63, 3.8) is 0 Å². The van der Waals surface area contributed by atoms with Gasteiger partial charge in [-0.2, -0.15) is 0 Å². The minimum absolute atomic E-state index is 0.0483. The molecule has 3 heteroatoms. The monoisotopic (exact) mass is 284 g/mol. The molecule has 0 aliphatic heterocycles. The molecule has 2 N–H and O–H groups in total. The molecule has 0 bridgehead atoms. The van der Waals surface area contributed by atoms with E-state index in [1.165, 1.54) is 0 Å². The topological polar surface area (TPSA) is 57.5 Å². The van der Waals surface area contributed by atoms with E-state index in [0.29, 0.717) is 5.56 Å². The third-order valence-corrected chi connectivity index (χ3v) is 4.09. The number of carboxylic acid groups (broad SMARTS) is 1. The van der Waals surface area contributed by atoms with Gasteiger partial charge in [-0.15, -0.1) is 0 Å². The SMILES string of the molecule is CCC(C)(C)c1cc(C(=O)O)c(O)c(-c2ccccc2)c1. The van der Waals surface area contributed by atoms with Gasteiger partial charge in [0.1, 0.15) is 11.3 Å². The summed E-state index contributed by atoms with van der Waals surface area (Å²) in [5.74, 6) is -1.29. The fourth-order valence-corrected chi connectivity index (χ4v) is 2.23. The lowest BCUT2D eigenvalue weighted by Gasteiger charge is -2.25. The summed E-state index contributed by atoms with van der Waals surface area (Å²) >= 11 is 0. The molecule has 0 heterocycles. The molecule has 0 aromatic heterocycles. The van der Waals surface area contributed by atoms with E-state index in [1.54, 1.807) is 6.07 Å². The first-order valence-electron chi connectivity index (χ1n) is 7.03. The second-order valence-electron chi connectivity index (χ2n) is 5.83. The fourth-order valence-electron chi connectivity index (χ4n) is 2.23. The molecule has 0 fully saturated rings. The normalized spacial score (nSPS) is 11.4. The largest absolute Gasteiger partial charge is 0.506 e. The van der Waals surface area contributed by atoms with Crippen molar-refractivity contribution in [2.45, 2.75) is 32.6 Å². The lowest BCUT2D eigenvalue weighted by atomic mass is 9.80. The molecule has 0 spiro atoms. The van der Waals surface area contributed by atoms with Crippen LogP contribution in [0.2, 0.25) is 0 Å². The van der Waals surface area contributed by atoms with Crippen LogP contribution in [0, 0.1) is 0 Å². The third-order valence-electron chi connectivity index (χ3n) is 4.09. The Labute approximate surface area is 124 Å². The smallest absolute Gasteiger partial charge is 0.339 e. The van der Waals surface area contributed by atoms with Crippen molar-refractivity contribution in [3.8, 4) is 16.9 Å². The molecular weight excluding hydrogens is 264 g/mol. The van der Waals surface area contributed by atoms with Crippen molar-refractivity contribution in [2.75, 3.05) is 0 Å². The Morgan fingerprint density at radius 2 is 1.76 bits per heavy atom. The average Bonchev–Trinajstić information content (AvgIpc) is 2.47. The zero-order valence-corrected chi connectivity index (χ0v) is 12.6. The molecule has 0 aliphatic carbocycles. The Kier molecular flexibility index (Phi) is 4.03. The Balaban J connectivity index is 2.73. The van der Waals surface area contributed by atoms with Gasteiger partial charge in [0.15, 0.2) is 0 Å². The van der Waals surface area contributed by atoms with E-state index in [4.69, 9.17) is 0 Å². The fraction of sp³-hybridized carbons (Fsp3) is 0.278. The predicted octanol–water partition coefficient (Wildman–Crippen LogP) is 4.45. The van der Waals surface area contributed by atoms with Crippen LogP contribution in [-0.4, -0.2) is 16.2 Å². The zero-order valence-electron chi connectivity index (χ0n) is 12.6. The summed E-state index contributed by atoms with van der Waals surface area (Å²) in [5.41, 5.74) is 2.09. The van der Waals surface area contributed by atoms with Gasteiger partial charge in [-0.25, -0.2) is 4.79 Å². The molecular formula is C18H20O3. The van der Waals surface area contributed by atoms with Crippen LogP contribution in [0.25, 0.3) is 11.1 Å². The van der Waals surface area contributed by atoms with Gasteiger partial charge in [0.2, 0.25) is 0 Å². The minimum atomic E-state index is -1.11. The van der Waals surface area contributed by atoms with E-state index in [-0.39, 0.29) is 16.7 Å². The van der Waals surface area contributed by atoms with Crippen molar-refractivity contribution in [2.24, 2.45) is 0 Å². The standard InChI is InChI=1S/C18H20O3/c1-4-18(2,3)13-10-14(12-8-6-5-7-9-12)16(19)15(11-13)17(20)21/h5-11,19H,4H2,1-3H3,(H,20,21). The highest BCUT2D eigenvalue weighted by Crippen LogP contribution is 2.38. The van der Waals surface area contributed by atoms with Crippen LogP contribution in [0.4, 0.5) is 0 Å². The first kappa shape index (κ1) is 15.1. The van der Waals surface area contributed by atoms with Crippen LogP contribution >= 0.6 is 0 Å². The maximum atomic E-state index is 11.4. The molecule has 0 unspecified atom stereocenters. The molecule has 0 radical (unpaired) electrons. The summed E-state index contributed by atoms with van der Waals surface area (Å²) in [4.78, 5) is 11.4. The number of aromatic hydroxyl groups is 1. The van der Waals surface area contributed by atoms with E-state index in [0.717, 1.165) is 17.5 Å². The van der Waals surface area contributed by atoms with Crippen LogP contribution in [-0.2, 0) is 5.41 Å². The molecule has 0 saturated heterocycles. The van der Waals surface area contributed by atoms with Crippen LogP contribution in [0.3, 0.4) is 0 Å². The second kappa shape index (κ2) is 5.60. The van der Waals surface area contributed by atoms with Gasteiger partial charge in [0.25, 0.3) is 0 Å². The summed E-state index contributed by atoms with van der Waals surface area (Å²) in [7, 11) is 0. The zero-order chi connectivity index (χ0) is 15.6. The van der Waals surface area contributed by atoms with E-state index in [1.807, 2.05) is 36.4 Å². The predicted molar refractivity (Wildman–Crippen MR) is 83.8 cm³/mol. The summed E-state index contributed by atoms with van der Waals surface area (Å²) in [6, 6.07) is 12.8. The molecule has 2 aromatic rings. The summed E-state index contributed by atoms with van der Waals surface area (Å²) in [6.07, 6.45) is 0.880. The first-order valence-corrected chi connectivity index (χ1v) is 7.03. The molecule has 3 nitrogen and oxygen atoms in total. The Morgan fingerprint density at radius 1 is 1.14 bits per heavy atom. The summed E-state index contributed by atoms with van der Waals surface area (Å²) in [6.45, 7) is 6.20. The van der Waals surface area contributed by atoms with Gasteiger partial charge in [-0.3, -0.25) is 0 Å². The van der Waals surface area contributed by atoms with Gasteiger partial charge in [-0.05, 0) is 35.1 Å². The number of aromatic carboxylic acids is 1. The molecule has 0 aliphatic rings. The molecule has 0 saturated carbocycles. The van der Waals surface area contributed by atoms with Crippen molar-refractivity contribution in [1.29, 1.82) is 0 Å². The molecule has 110 valence electrons.